The lowest BCUT2D eigenvalue weighted by Crippen LogP contribution is -2.30. The number of carbonyl (C=O) groups is 1. The van der Waals surface area contributed by atoms with Gasteiger partial charge in [0.15, 0.2) is 11.6 Å². The van der Waals surface area contributed by atoms with Crippen molar-refractivity contribution in [3.63, 3.8) is 0 Å². The Kier molecular flexibility index (Phi) is 9.01. The minimum Gasteiger partial charge on any atom is -0.497 e. The van der Waals surface area contributed by atoms with Crippen LogP contribution in [0.4, 0.5) is 28.7 Å². The number of nitrogens with two attached hydrogens (primary N) is 1. The summed E-state index contributed by atoms with van der Waals surface area (Å²) in [7, 11) is -1.13. The Balaban J connectivity index is 1.54. The Bertz CT molecular complexity index is 1990. The van der Waals surface area contributed by atoms with E-state index in [-0.39, 0.29) is 28.5 Å². The molecule has 0 aliphatic heterocycles. The number of carbonyl (C=O) groups excluding carboxylic acids is 1. The first kappa shape index (κ1) is 32.0. The van der Waals surface area contributed by atoms with Gasteiger partial charge in [0.2, 0.25) is 5.91 Å². The minimum atomic E-state index is -4.21. The summed E-state index contributed by atoms with van der Waals surface area (Å²) in [5.74, 6) is 0.649. The number of rotatable bonds is 11. The van der Waals surface area contributed by atoms with E-state index >= 15 is 0 Å². The second kappa shape index (κ2) is 12.9. The summed E-state index contributed by atoms with van der Waals surface area (Å²) >= 11 is 0. The number of amides is 1. The highest BCUT2D eigenvalue weighted by Crippen LogP contribution is 2.34. The molecule has 0 unspecified atom stereocenters. The van der Waals surface area contributed by atoms with Crippen molar-refractivity contribution in [2.24, 2.45) is 5.73 Å². The standard InChI is InChI=1S/C34H36N6O5S/c1-34(2,3)22-10-8-11-24(16-22)40(21-31(35)41)25-12-9-13-28(19-25)46(42,43)39-33-32(37-29-14-6-7-15-30(29)38-33)36-23-17-26(44-4)20-27(18-23)45-5/h6-20H,21H2,1-5H3,(H2,35,41)(H,36,37)(H,38,39). The second-order valence-electron chi connectivity index (χ2n) is 11.6. The van der Waals surface area contributed by atoms with Crippen molar-refractivity contribution in [2.75, 3.05) is 35.7 Å². The summed E-state index contributed by atoms with van der Waals surface area (Å²) < 4.78 is 41.2. The van der Waals surface area contributed by atoms with Gasteiger partial charge in [0.25, 0.3) is 10.0 Å². The van der Waals surface area contributed by atoms with Crippen LogP contribution in [0, 0.1) is 0 Å². The number of sulfonamides is 1. The number of aromatic nitrogens is 2. The molecular weight excluding hydrogens is 604 g/mol. The zero-order valence-electron chi connectivity index (χ0n) is 26.2. The molecule has 0 radical (unpaired) electrons. The number of ether oxygens (including phenoxy) is 2. The van der Waals surface area contributed by atoms with Crippen molar-refractivity contribution in [3.8, 4) is 11.5 Å². The predicted molar refractivity (Wildman–Crippen MR) is 181 cm³/mol. The maximum atomic E-state index is 13.9. The van der Waals surface area contributed by atoms with Crippen molar-refractivity contribution in [1.82, 2.24) is 9.97 Å². The zero-order valence-corrected chi connectivity index (χ0v) is 27.1. The number of para-hydroxylation sites is 2. The minimum absolute atomic E-state index is 0.0160. The Morgan fingerprint density at radius 3 is 1.98 bits per heavy atom. The van der Waals surface area contributed by atoms with Crippen LogP contribution in [0.2, 0.25) is 0 Å². The molecule has 0 fully saturated rings. The Labute approximate surface area is 268 Å². The van der Waals surface area contributed by atoms with Crippen molar-refractivity contribution in [2.45, 2.75) is 31.1 Å². The van der Waals surface area contributed by atoms with Gasteiger partial charge in [0.05, 0.1) is 30.1 Å². The number of methoxy groups -OCH3 is 2. The van der Waals surface area contributed by atoms with Gasteiger partial charge in [0.1, 0.15) is 18.0 Å². The molecule has 5 aromatic rings. The van der Waals surface area contributed by atoms with E-state index in [2.05, 4.69) is 40.8 Å². The van der Waals surface area contributed by atoms with Gasteiger partial charge in [-0.3, -0.25) is 9.52 Å². The summed E-state index contributed by atoms with van der Waals surface area (Å²) in [5.41, 5.74) is 9.31. The van der Waals surface area contributed by atoms with Crippen LogP contribution in [0.3, 0.4) is 0 Å². The van der Waals surface area contributed by atoms with E-state index < -0.39 is 15.9 Å². The average molecular weight is 641 g/mol. The van der Waals surface area contributed by atoms with Gasteiger partial charge in [0, 0.05) is 35.3 Å². The summed E-state index contributed by atoms with van der Waals surface area (Å²) in [6, 6.07) is 26.3. The van der Waals surface area contributed by atoms with Crippen LogP contribution in [0.5, 0.6) is 11.5 Å². The third-order valence-corrected chi connectivity index (χ3v) is 8.53. The Morgan fingerprint density at radius 2 is 1.39 bits per heavy atom. The molecule has 0 spiro atoms. The monoisotopic (exact) mass is 640 g/mol. The van der Waals surface area contributed by atoms with E-state index in [9.17, 15) is 13.2 Å². The summed E-state index contributed by atoms with van der Waals surface area (Å²) in [5, 5.41) is 3.16. The number of nitrogens with one attached hydrogen (secondary N) is 2. The molecule has 4 N–H and O–H groups in total. The number of fused-ring (bicyclic) bond motifs is 1. The van der Waals surface area contributed by atoms with Gasteiger partial charge in [-0.05, 0) is 53.4 Å². The van der Waals surface area contributed by atoms with Crippen LogP contribution in [0.1, 0.15) is 26.3 Å². The third-order valence-electron chi connectivity index (χ3n) is 7.19. The zero-order chi connectivity index (χ0) is 33.1. The first-order chi connectivity index (χ1) is 21.9. The lowest BCUT2D eigenvalue weighted by Gasteiger charge is -2.27. The summed E-state index contributed by atoms with van der Waals surface area (Å²) in [6.07, 6.45) is 0. The highest BCUT2D eigenvalue weighted by atomic mass is 32.2. The quantitative estimate of drug-likeness (QED) is 0.155. The van der Waals surface area contributed by atoms with E-state index in [1.165, 1.54) is 26.4 Å². The number of nitrogens with zero attached hydrogens (tertiary/aromatic N) is 3. The molecule has 5 rings (SSSR count). The van der Waals surface area contributed by atoms with Gasteiger partial charge >= 0.3 is 0 Å². The fraction of sp³-hybridized carbons (Fsp3) is 0.206. The predicted octanol–water partition coefficient (Wildman–Crippen LogP) is 6.11. The molecule has 1 aromatic heterocycles. The van der Waals surface area contributed by atoms with Crippen molar-refractivity contribution < 1.29 is 22.7 Å². The van der Waals surface area contributed by atoms with E-state index in [1.54, 1.807) is 53.4 Å². The molecule has 11 nitrogen and oxygen atoms in total. The smallest absolute Gasteiger partial charge is 0.263 e. The van der Waals surface area contributed by atoms with Crippen molar-refractivity contribution in [1.29, 1.82) is 0 Å². The fourth-order valence-electron chi connectivity index (χ4n) is 4.81. The fourth-order valence-corrected chi connectivity index (χ4v) is 5.86. The highest BCUT2D eigenvalue weighted by Gasteiger charge is 2.23. The van der Waals surface area contributed by atoms with Gasteiger partial charge in [-0.15, -0.1) is 0 Å². The molecule has 1 heterocycles. The number of anilines is 5. The van der Waals surface area contributed by atoms with Crippen LogP contribution < -0.4 is 30.1 Å². The topological polar surface area (TPSA) is 149 Å². The average Bonchev–Trinajstić information content (AvgIpc) is 3.03. The van der Waals surface area contributed by atoms with E-state index in [1.807, 2.05) is 30.3 Å². The number of primary amides is 1. The van der Waals surface area contributed by atoms with Crippen LogP contribution in [-0.2, 0) is 20.2 Å². The number of hydrogen-bond acceptors (Lipinski definition) is 9. The normalized spacial score (nSPS) is 11.6. The third kappa shape index (κ3) is 7.29. The molecule has 0 bridgehead atoms. The first-order valence-corrected chi connectivity index (χ1v) is 15.9. The largest absolute Gasteiger partial charge is 0.497 e. The van der Waals surface area contributed by atoms with Gasteiger partial charge in [-0.2, -0.15) is 0 Å². The molecular formula is C34H36N6O5S. The van der Waals surface area contributed by atoms with E-state index in [0.29, 0.717) is 39.6 Å². The van der Waals surface area contributed by atoms with Crippen molar-refractivity contribution in [3.05, 3.63) is 96.6 Å². The van der Waals surface area contributed by atoms with Crippen LogP contribution in [0.15, 0.2) is 95.9 Å². The lowest BCUT2D eigenvalue weighted by atomic mass is 9.87. The molecule has 0 saturated carbocycles. The molecule has 238 valence electrons. The van der Waals surface area contributed by atoms with Crippen LogP contribution in [0.25, 0.3) is 11.0 Å². The molecule has 12 heteroatoms. The number of benzene rings is 4. The number of hydrogen-bond donors (Lipinski definition) is 3. The summed E-state index contributed by atoms with van der Waals surface area (Å²) in [6.45, 7) is 6.12. The molecule has 0 aliphatic rings. The Morgan fingerprint density at radius 1 is 0.804 bits per heavy atom. The van der Waals surface area contributed by atoms with Crippen LogP contribution in [-0.4, -0.2) is 45.1 Å². The molecule has 0 saturated heterocycles. The highest BCUT2D eigenvalue weighted by molar-refractivity contribution is 7.92. The maximum Gasteiger partial charge on any atom is 0.263 e. The van der Waals surface area contributed by atoms with Crippen LogP contribution >= 0.6 is 0 Å². The maximum absolute atomic E-state index is 13.9. The first-order valence-electron chi connectivity index (χ1n) is 14.4. The van der Waals surface area contributed by atoms with Gasteiger partial charge in [-0.25, -0.2) is 18.4 Å². The Hall–Kier alpha value is -5.36. The lowest BCUT2D eigenvalue weighted by molar-refractivity contribution is -0.116. The van der Waals surface area contributed by atoms with E-state index in [4.69, 9.17) is 15.2 Å². The van der Waals surface area contributed by atoms with Gasteiger partial charge in [-0.1, -0.05) is 51.1 Å². The molecule has 0 aliphatic carbocycles. The van der Waals surface area contributed by atoms with Gasteiger partial charge < -0.3 is 25.4 Å². The van der Waals surface area contributed by atoms with Crippen molar-refractivity contribution >= 4 is 55.7 Å². The second-order valence-corrected chi connectivity index (χ2v) is 13.3. The molecule has 4 aromatic carbocycles. The summed E-state index contributed by atoms with van der Waals surface area (Å²) in [4.78, 5) is 23.1. The molecule has 0 atom stereocenters. The van der Waals surface area contributed by atoms with E-state index in [0.717, 1.165) is 5.56 Å². The molecule has 46 heavy (non-hydrogen) atoms. The molecule has 1 amide bonds. The SMILES string of the molecule is COc1cc(Nc2nc3ccccc3nc2NS(=O)(=O)c2cccc(N(CC(N)=O)c3cccc(C(C)(C)C)c3)c2)cc(OC)c1.